The highest BCUT2D eigenvalue weighted by molar-refractivity contribution is 7.47. The molecular formula is C60H113O11P. The molecule has 0 fully saturated rings. The number of aliphatic hydroxyl groups is 1. The van der Waals surface area contributed by atoms with Gasteiger partial charge in [-0.3, -0.25) is 23.4 Å². The summed E-state index contributed by atoms with van der Waals surface area (Å²) in [5.41, 5.74) is 0. The molecule has 0 spiro atoms. The SMILES string of the molecule is CCC/C=C\C/C=C\CCCCCCCC(=O)OC(COC(=O)CCCCCCCCCCCCCCCCCCCCC)COP(=O)(O)OCC(CO)OC(=O)CCCCCCCCCCCCCCC. The van der Waals surface area contributed by atoms with Crippen LogP contribution in [-0.2, 0) is 42.2 Å². The van der Waals surface area contributed by atoms with Crippen LogP contribution in [0.15, 0.2) is 24.3 Å². The van der Waals surface area contributed by atoms with Gasteiger partial charge in [-0.2, -0.15) is 0 Å². The standard InChI is InChI=1S/C60H113O11P/c1-4-7-10-13-16-19-22-25-26-27-28-29-30-33-34-37-40-43-46-49-58(62)67-53-57(71-60(64)51-48-45-42-39-36-32-24-21-18-15-12-9-6-3)55-69-72(65,66)68-54-56(52-61)70-59(63)50-47-44-41-38-35-31-23-20-17-14-11-8-5-2/h12,15,21,24,56-57,61H,4-11,13-14,16-20,22-23,25-55H2,1-3H3,(H,65,66)/b15-12-,24-21-. The van der Waals surface area contributed by atoms with Crippen LogP contribution < -0.4 is 0 Å². The van der Waals surface area contributed by atoms with Crippen molar-refractivity contribution in [1.82, 2.24) is 0 Å². The summed E-state index contributed by atoms with van der Waals surface area (Å²) in [6.45, 7) is 4.62. The van der Waals surface area contributed by atoms with Gasteiger partial charge in [0, 0.05) is 19.3 Å². The van der Waals surface area contributed by atoms with Crippen molar-refractivity contribution in [3.05, 3.63) is 24.3 Å². The normalized spacial score (nSPS) is 13.5. The van der Waals surface area contributed by atoms with Crippen molar-refractivity contribution >= 4 is 25.7 Å². The Morgan fingerprint density at radius 2 is 0.708 bits per heavy atom. The number of phosphoric ester groups is 1. The first-order valence-corrected chi connectivity index (χ1v) is 31.7. The summed E-state index contributed by atoms with van der Waals surface area (Å²) in [7, 11) is -4.74. The molecule has 0 aliphatic rings. The average molecular weight is 1040 g/mol. The van der Waals surface area contributed by atoms with Crippen LogP contribution in [0, 0.1) is 0 Å². The molecule has 0 heterocycles. The lowest BCUT2D eigenvalue weighted by molar-refractivity contribution is -0.161. The summed E-state index contributed by atoms with van der Waals surface area (Å²) in [6, 6.07) is 0. The van der Waals surface area contributed by atoms with Gasteiger partial charge in [0.15, 0.2) is 6.10 Å². The van der Waals surface area contributed by atoms with E-state index in [9.17, 15) is 28.9 Å². The lowest BCUT2D eigenvalue weighted by Crippen LogP contribution is -2.30. The molecule has 0 bridgehead atoms. The second-order valence-electron chi connectivity index (χ2n) is 20.5. The van der Waals surface area contributed by atoms with E-state index in [1.54, 1.807) is 0 Å². The lowest BCUT2D eigenvalue weighted by Gasteiger charge is -2.21. The molecule has 424 valence electrons. The van der Waals surface area contributed by atoms with Crippen molar-refractivity contribution < 1.29 is 52.2 Å². The molecule has 0 aliphatic heterocycles. The minimum atomic E-state index is -4.74. The Bertz CT molecular complexity index is 1310. The van der Waals surface area contributed by atoms with Gasteiger partial charge >= 0.3 is 25.7 Å². The minimum absolute atomic E-state index is 0.157. The third kappa shape index (κ3) is 52.8. The van der Waals surface area contributed by atoms with Crippen LogP contribution in [0.25, 0.3) is 0 Å². The molecule has 0 amide bonds. The fraction of sp³-hybridized carbons (Fsp3) is 0.883. The molecule has 12 heteroatoms. The minimum Gasteiger partial charge on any atom is -0.462 e. The molecule has 0 saturated carbocycles. The van der Waals surface area contributed by atoms with Crippen molar-refractivity contribution in [3.63, 3.8) is 0 Å². The molecule has 2 N–H and O–H groups in total. The number of allylic oxidation sites excluding steroid dienone is 4. The van der Waals surface area contributed by atoms with E-state index < -0.39 is 57.8 Å². The first-order chi connectivity index (χ1) is 35.2. The molecule has 0 aromatic heterocycles. The first kappa shape index (κ1) is 70.0. The van der Waals surface area contributed by atoms with Crippen LogP contribution in [-0.4, -0.2) is 66.5 Å². The Labute approximate surface area is 442 Å². The lowest BCUT2D eigenvalue weighted by atomic mass is 10.0. The number of rotatable bonds is 57. The number of aliphatic hydroxyl groups excluding tert-OH is 1. The van der Waals surface area contributed by atoms with E-state index in [4.69, 9.17) is 23.3 Å². The molecule has 0 radical (unpaired) electrons. The van der Waals surface area contributed by atoms with Gasteiger partial charge in [0.1, 0.15) is 12.7 Å². The number of hydrogen-bond acceptors (Lipinski definition) is 10. The first-order valence-electron chi connectivity index (χ1n) is 30.2. The van der Waals surface area contributed by atoms with Crippen LogP contribution >= 0.6 is 7.82 Å². The Morgan fingerprint density at radius 3 is 1.08 bits per heavy atom. The summed E-state index contributed by atoms with van der Waals surface area (Å²) < 4.78 is 39.5. The van der Waals surface area contributed by atoms with E-state index >= 15 is 0 Å². The van der Waals surface area contributed by atoms with Gasteiger partial charge in [-0.05, 0) is 44.9 Å². The quantitative estimate of drug-likeness (QED) is 0.0197. The fourth-order valence-corrected chi connectivity index (χ4v) is 9.53. The zero-order valence-corrected chi connectivity index (χ0v) is 47.8. The van der Waals surface area contributed by atoms with Crippen LogP contribution in [0.4, 0.5) is 0 Å². The van der Waals surface area contributed by atoms with E-state index in [0.717, 1.165) is 83.5 Å². The Kier molecular flexibility index (Phi) is 53.6. The second kappa shape index (κ2) is 55.2. The van der Waals surface area contributed by atoms with Gasteiger partial charge in [0.25, 0.3) is 0 Å². The maximum atomic E-state index is 12.9. The molecular weight excluding hydrogens is 928 g/mol. The van der Waals surface area contributed by atoms with Gasteiger partial charge in [-0.1, -0.05) is 263 Å². The molecule has 3 unspecified atom stereocenters. The summed E-state index contributed by atoms with van der Waals surface area (Å²) >= 11 is 0. The zero-order valence-electron chi connectivity index (χ0n) is 46.9. The summed E-state index contributed by atoms with van der Waals surface area (Å²) in [4.78, 5) is 48.5. The number of ether oxygens (including phenoxy) is 3. The zero-order chi connectivity index (χ0) is 52.7. The summed E-state index contributed by atoms with van der Waals surface area (Å²) in [5, 5.41) is 9.81. The largest absolute Gasteiger partial charge is 0.472 e. The molecule has 0 saturated heterocycles. The van der Waals surface area contributed by atoms with E-state index in [1.165, 1.54) is 161 Å². The fourth-order valence-electron chi connectivity index (χ4n) is 8.75. The third-order valence-corrected chi connectivity index (χ3v) is 14.3. The van der Waals surface area contributed by atoms with Crippen molar-refractivity contribution in [2.24, 2.45) is 0 Å². The Balaban J connectivity index is 4.64. The molecule has 3 atom stereocenters. The number of phosphoric acid groups is 1. The monoisotopic (exact) mass is 1040 g/mol. The number of esters is 3. The molecule has 0 rings (SSSR count). The molecule has 0 aromatic rings. The van der Waals surface area contributed by atoms with Crippen molar-refractivity contribution in [1.29, 1.82) is 0 Å². The van der Waals surface area contributed by atoms with E-state index in [-0.39, 0.29) is 25.9 Å². The van der Waals surface area contributed by atoms with Crippen LogP contribution in [0.1, 0.15) is 303 Å². The number of hydrogen-bond donors (Lipinski definition) is 2. The Hall–Kier alpha value is -2.04. The molecule has 11 nitrogen and oxygen atoms in total. The highest BCUT2D eigenvalue weighted by atomic mass is 31.2. The number of carbonyl (C=O) groups excluding carboxylic acids is 3. The smallest absolute Gasteiger partial charge is 0.462 e. The van der Waals surface area contributed by atoms with Gasteiger partial charge in [-0.25, -0.2) is 4.57 Å². The van der Waals surface area contributed by atoms with E-state index in [2.05, 4.69) is 45.1 Å². The van der Waals surface area contributed by atoms with Crippen molar-refractivity contribution in [2.45, 2.75) is 315 Å². The number of carbonyl (C=O) groups is 3. The van der Waals surface area contributed by atoms with Crippen molar-refractivity contribution in [3.8, 4) is 0 Å². The summed E-state index contributed by atoms with van der Waals surface area (Å²) in [5.74, 6) is -1.45. The van der Waals surface area contributed by atoms with Crippen LogP contribution in [0.2, 0.25) is 0 Å². The molecule has 0 aromatic carbocycles. The number of unbranched alkanes of at least 4 members (excludes halogenated alkanes) is 36. The highest BCUT2D eigenvalue weighted by Crippen LogP contribution is 2.43. The average Bonchev–Trinajstić information content (AvgIpc) is 3.37. The predicted octanol–water partition coefficient (Wildman–Crippen LogP) is 17.8. The van der Waals surface area contributed by atoms with Crippen LogP contribution in [0.3, 0.4) is 0 Å². The maximum Gasteiger partial charge on any atom is 0.472 e. The van der Waals surface area contributed by atoms with E-state index in [0.29, 0.717) is 19.3 Å². The molecule has 72 heavy (non-hydrogen) atoms. The topological polar surface area (TPSA) is 155 Å². The predicted molar refractivity (Wildman–Crippen MR) is 298 cm³/mol. The van der Waals surface area contributed by atoms with E-state index in [1.807, 2.05) is 0 Å². The Morgan fingerprint density at radius 1 is 0.389 bits per heavy atom. The van der Waals surface area contributed by atoms with Gasteiger partial charge in [0.2, 0.25) is 0 Å². The van der Waals surface area contributed by atoms with Crippen molar-refractivity contribution in [2.75, 3.05) is 26.4 Å². The summed E-state index contributed by atoms with van der Waals surface area (Å²) in [6.07, 6.45) is 55.7. The third-order valence-electron chi connectivity index (χ3n) is 13.4. The van der Waals surface area contributed by atoms with Gasteiger partial charge < -0.3 is 24.2 Å². The van der Waals surface area contributed by atoms with Gasteiger partial charge in [0.05, 0.1) is 19.8 Å². The second-order valence-corrected chi connectivity index (χ2v) is 22.0. The van der Waals surface area contributed by atoms with Crippen LogP contribution in [0.5, 0.6) is 0 Å². The maximum absolute atomic E-state index is 12.9. The highest BCUT2D eigenvalue weighted by Gasteiger charge is 2.28. The van der Waals surface area contributed by atoms with Gasteiger partial charge in [-0.15, -0.1) is 0 Å². The molecule has 0 aliphatic carbocycles.